The first-order chi connectivity index (χ1) is 8.99. The Hall–Kier alpha value is -2.09. The molecule has 2 rings (SSSR count). The maximum absolute atomic E-state index is 13.4. The number of halogens is 2. The summed E-state index contributed by atoms with van der Waals surface area (Å²) < 4.78 is 26.5. The topological polar surface area (TPSA) is 68.1 Å². The lowest BCUT2D eigenvalue weighted by Crippen LogP contribution is -2.05. The van der Waals surface area contributed by atoms with E-state index in [2.05, 4.69) is 10.3 Å². The molecule has 0 atom stereocenters. The number of hydrogen-bond donors (Lipinski definition) is 1. The molecular formula is C11H9F2N3O2S. The summed E-state index contributed by atoms with van der Waals surface area (Å²) in [4.78, 5) is 14.8. The van der Waals surface area contributed by atoms with Crippen LogP contribution in [-0.4, -0.2) is 9.91 Å². The summed E-state index contributed by atoms with van der Waals surface area (Å²) in [5.41, 5.74) is 1.46. The summed E-state index contributed by atoms with van der Waals surface area (Å²) in [5, 5.41) is 13.4. The molecular weight excluding hydrogens is 276 g/mol. The van der Waals surface area contributed by atoms with Crippen molar-refractivity contribution in [3.05, 3.63) is 50.0 Å². The Morgan fingerprint density at radius 1 is 1.47 bits per heavy atom. The molecule has 0 unspecified atom stereocenters. The number of nitro benzene ring substituents is 1. The lowest BCUT2D eigenvalue weighted by molar-refractivity contribution is -0.386. The van der Waals surface area contributed by atoms with E-state index in [9.17, 15) is 18.9 Å². The van der Waals surface area contributed by atoms with Crippen LogP contribution in [0.4, 0.5) is 20.2 Å². The van der Waals surface area contributed by atoms with Crippen molar-refractivity contribution in [1.82, 2.24) is 4.98 Å². The molecule has 0 saturated carbocycles. The number of benzene rings is 1. The van der Waals surface area contributed by atoms with E-state index in [0.29, 0.717) is 6.07 Å². The third-order valence-electron chi connectivity index (χ3n) is 2.50. The van der Waals surface area contributed by atoms with Crippen molar-refractivity contribution in [3.8, 4) is 0 Å². The highest BCUT2D eigenvalue weighted by molar-refractivity contribution is 7.09. The molecule has 0 fully saturated rings. The molecule has 1 N–H and O–H groups in total. The van der Waals surface area contributed by atoms with E-state index < -0.39 is 22.2 Å². The van der Waals surface area contributed by atoms with Gasteiger partial charge < -0.3 is 5.32 Å². The van der Waals surface area contributed by atoms with Gasteiger partial charge in [0.2, 0.25) is 5.82 Å². The van der Waals surface area contributed by atoms with Gasteiger partial charge >= 0.3 is 5.69 Å². The summed E-state index contributed by atoms with van der Waals surface area (Å²) in [7, 11) is 0. The van der Waals surface area contributed by atoms with Crippen LogP contribution in [0.3, 0.4) is 0 Å². The minimum Gasteiger partial charge on any atom is -0.374 e. The second kappa shape index (κ2) is 5.27. The number of aromatic nitrogens is 1. The first-order valence-corrected chi connectivity index (χ1v) is 6.13. The third-order valence-corrected chi connectivity index (χ3v) is 3.43. The molecule has 100 valence electrons. The quantitative estimate of drug-likeness (QED) is 0.691. The smallest absolute Gasteiger partial charge is 0.327 e. The van der Waals surface area contributed by atoms with Gasteiger partial charge in [0.25, 0.3) is 0 Å². The zero-order valence-corrected chi connectivity index (χ0v) is 10.6. The number of thiazole rings is 1. The van der Waals surface area contributed by atoms with Crippen molar-refractivity contribution in [2.24, 2.45) is 0 Å². The van der Waals surface area contributed by atoms with Crippen LogP contribution in [0.1, 0.15) is 10.6 Å². The summed E-state index contributed by atoms with van der Waals surface area (Å²) in [6.45, 7) is 2.01. The highest BCUT2D eigenvalue weighted by Crippen LogP contribution is 2.29. The van der Waals surface area contributed by atoms with Gasteiger partial charge in [-0.2, -0.15) is 4.39 Å². The Morgan fingerprint density at radius 2 is 2.21 bits per heavy atom. The van der Waals surface area contributed by atoms with Gasteiger partial charge in [-0.05, 0) is 6.92 Å². The van der Waals surface area contributed by atoms with E-state index in [-0.39, 0.29) is 12.2 Å². The van der Waals surface area contributed by atoms with Gasteiger partial charge in [0.05, 0.1) is 22.7 Å². The van der Waals surface area contributed by atoms with Gasteiger partial charge in [-0.1, -0.05) is 0 Å². The van der Waals surface area contributed by atoms with Gasteiger partial charge in [0, 0.05) is 17.0 Å². The number of nitrogens with zero attached hydrogens (tertiary/aromatic N) is 2. The van der Waals surface area contributed by atoms with E-state index in [1.165, 1.54) is 11.3 Å². The minimum atomic E-state index is -1.20. The molecule has 0 saturated heterocycles. The van der Waals surface area contributed by atoms with Crippen LogP contribution in [0, 0.1) is 28.7 Å². The molecule has 8 heteroatoms. The molecule has 2 aromatic rings. The average molecular weight is 285 g/mol. The van der Waals surface area contributed by atoms with Gasteiger partial charge in [-0.25, -0.2) is 9.37 Å². The van der Waals surface area contributed by atoms with Crippen molar-refractivity contribution in [2.45, 2.75) is 13.5 Å². The number of nitro groups is 1. The maximum Gasteiger partial charge on any atom is 0.327 e. The molecule has 0 aliphatic carbocycles. The molecule has 1 heterocycles. The number of anilines is 1. The second-order valence-corrected chi connectivity index (χ2v) is 4.69. The van der Waals surface area contributed by atoms with E-state index >= 15 is 0 Å². The van der Waals surface area contributed by atoms with Crippen LogP contribution in [0.25, 0.3) is 0 Å². The Balaban J connectivity index is 2.29. The summed E-state index contributed by atoms with van der Waals surface area (Å²) in [5.74, 6) is -2.07. The third kappa shape index (κ3) is 2.84. The predicted molar refractivity (Wildman–Crippen MR) is 67.2 cm³/mol. The van der Waals surface area contributed by atoms with E-state index in [0.717, 1.165) is 16.6 Å². The lowest BCUT2D eigenvalue weighted by Gasteiger charge is -2.07. The van der Waals surface area contributed by atoms with E-state index in [1.807, 2.05) is 0 Å². The first kappa shape index (κ1) is 13.3. The Morgan fingerprint density at radius 3 is 2.79 bits per heavy atom. The van der Waals surface area contributed by atoms with E-state index in [4.69, 9.17) is 0 Å². The van der Waals surface area contributed by atoms with Gasteiger partial charge in [0.15, 0.2) is 0 Å². The fraction of sp³-hybridized carbons (Fsp3) is 0.182. The van der Waals surface area contributed by atoms with Crippen LogP contribution in [0.15, 0.2) is 17.6 Å². The fourth-order valence-corrected chi connectivity index (χ4v) is 2.27. The van der Waals surface area contributed by atoms with Crippen molar-refractivity contribution in [2.75, 3.05) is 5.32 Å². The first-order valence-electron chi connectivity index (χ1n) is 5.25. The van der Waals surface area contributed by atoms with Crippen LogP contribution >= 0.6 is 11.3 Å². The molecule has 1 aromatic carbocycles. The van der Waals surface area contributed by atoms with Crippen LogP contribution in [0.5, 0.6) is 0 Å². The number of rotatable bonds is 4. The normalized spacial score (nSPS) is 10.5. The van der Waals surface area contributed by atoms with Crippen molar-refractivity contribution in [1.29, 1.82) is 0 Å². The van der Waals surface area contributed by atoms with Crippen LogP contribution in [-0.2, 0) is 6.54 Å². The summed E-state index contributed by atoms with van der Waals surface area (Å²) in [6, 6.07) is 1.39. The van der Waals surface area contributed by atoms with Gasteiger partial charge in [0.1, 0.15) is 11.5 Å². The zero-order chi connectivity index (χ0) is 14.0. The number of aryl methyl sites for hydroxylation is 1. The Bertz CT molecular complexity index is 630. The van der Waals surface area contributed by atoms with Crippen molar-refractivity contribution in [3.63, 3.8) is 0 Å². The summed E-state index contributed by atoms with van der Waals surface area (Å²) >= 11 is 1.36. The lowest BCUT2D eigenvalue weighted by atomic mass is 10.2. The minimum absolute atomic E-state index is 0.185. The van der Waals surface area contributed by atoms with Crippen molar-refractivity contribution < 1.29 is 13.7 Å². The zero-order valence-electron chi connectivity index (χ0n) is 9.81. The van der Waals surface area contributed by atoms with Crippen molar-refractivity contribution >= 4 is 22.7 Å². The molecule has 0 spiro atoms. The molecule has 19 heavy (non-hydrogen) atoms. The number of hydrogen-bond acceptors (Lipinski definition) is 5. The molecule has 0 bridgehead atoms. The monoisotopic (exact) mass is 285 g/mol. The van der Waals surface area contributed by atoms with Crippen LogP contribution in [0.2, 0.25) is 0 Å². The highest BCUT2D eigenvalue weighted by Gasteiger charge is 2.22. The van der Waals surface area contributed by atoms with Gasteiger partial charge in [-0.15, -0.1) is 11.3 Å². The largest absolute Gasteiger partial charge is 0.374 e. The molecule has 1 aromatic heterocycles. The SMILES string of the molecule is Cc1ncsc1CNc1cc(F)cc(F)c1[N+](=O)[O-]. The maximum atomic E-state index is 13.4. The highest BCUT2D eigenvalue weighted by atomic mass is 32.1. The van der Waals surface area contributed by atoms with Crippen LogP contribution < -0.4 is 5.32 Å². The van der Waals surface area contributed by atoms with E-state index in [1.54, 1.807) is 12.4 Å². The Kier molecular flexibility index (Phi) is 3.70. The average Bonchev–Trinajstić information content (AvgIpc) is 2.70. The predicted octanol–water partition coefficient (Wildman–Crippen LogP) is 3.25. The van der Waals surface area contributed by atoms with Gasteiger partial charge in [-0.3, -0.25) is 10.1 Å². The molecule has 0 aliphatic rings. The fourth-order valence-electron chi connectivity index (χ4n) is 1.56. The molecule has 0 radical (unpaired) electrons. The second-order valence-electron chi connectivity index (χ2n) is 3.76. The Labute approximate surface area is 111 Å². The standard InChI is InChI=1S/C11H9F2N3O2S/c1-6-10(19-5-15-6)4-14-9-3-7(12)2-8(13)11(9)16(17)18/h2-3,5,14H,4H2,1H3. The molecule has 5 nitrogen and oxygen atoms in total. The number of nitrogens with one attached hydrogen (secondary N) is 1. The molecule has 0 amide bonds. The summed E-state index contributed by atoms with van der Waals surface area (Å²) in [6.07, 6.45) is 0. The molecule has 0 aliphatic heterocycles.